The Kier molecular flexibility index (Phi) is 5.32. The number of hydrogen-bond acceptors (Lipinski definition) is 10. The summed E-state index contributed by atoms with van der Waals surface area (Å²) >= 11 is 0. The van der Waals surface area contributed by atoms with Crippen LogP contribution in [-0.2, 0) is 33.3 Å². The largest absolute Gasteiger partial charge is 0.472 e. The predicted octanol–water partition coefficient (Wildman–Crippen LogP) is 2.45. The van der Waals surface area contributed by atoms with Gasteiger partial charge in [-0.25, -0.2) is 4.79 Å². The van der Waals surface area contributed by atoms with Crippen LogP contribution in [0.4, 0.5) is 0 Å². The lowest BCUT2D eigenvalue weighted by Gasteiger charge is -2.69. The smallest absolute Gasteiger partial charge is 0.339 e. The fraction of sp³-hybridized carbons (Fsp3) is 0.750. The Hall–Kier alpha value is -2.43. The van der Waals surface area contributed by atoms with Gasteiger partial charge >= 0.3 is 17.9 Å². The third-order valence-corrected chi connectivity index (χ3v) is 10.9. The van der Waals surface area contributed by atoms with E-state index in [0.717, 1.165) is 5.56 Å². The minimum absolute atomic E-state index is 0.0710. The molecule has 2 spiro atoms. The molecule has 10 atom stereocenters. The van der Waals surface area contributed by atoms with Crippen LogP contribution in [0.3, 0.4) is 0 Å². The molecule has 1 aromatic rings. The number of carbonyl (C=O) groups is 3. The van der Waals surface area contributed by atoms with Crippen LogP contribution in [0.15, 0.2) is 23.0 Å². The first kappa shape index (κ1) is 25.8. The van der Waals surface area contributed by atoms with Crippen LogP contribution in [0, 0.1) is 28.1 Å². The van der Waals surface area contributed by atoms with Crippen molar-refractivity contribution in [2.75, 3.05) is 6.61 Å². The summed E-state index contributed by atoms with van der Waals surface area (Å²) in [4.78, 5) is 38.0. The molecule has 0 amide bonds. The highest BCUT2D eigenvalue weighted by Crippen LogP contribution is 2.79. The minimum Gasteiger partial charge on any atom is -0.472 e. The zero-order chi connectivity index (χ0) is 27.5. The summed E-state index contributed by atoms with van der Waals surface area (Å²) in [6, 6.07) is 1.77. The second-order valence-electron chi connectivity index (χ2n) is 12.9. The van der Waals surface area contributed by atoms with Gasteiger partial charge in [-0.15, -0.1) is 0 Å². The molecule has 6 rings (SSSR count). The SMILES string of the molecule is CC(=O)O[C@H]1CC(=O)OC[C@]12C1CC[C@@]3(C)[C@H](c4ccoc4)OC(=O)[C@H]4O[C@]43[C@]1(C)[C@H](O)C[C@H]2C(C)(C)O. The van der Waals surface area contributed by atoms with Gasteiger partial charge in [-0.2, -0.15) is 0 Å². The van der Waals surface area contributed by atoms with Gasteiger partial charge in [0.1, 0.15) is 24.4 Å². The van der Waals surface area contributed by atoms with Crippen LogP contribution < -0.4 is 0 Å². The first-order chi connectivity index (χ1) is 17.7. The van der Waals surface area contributed by atoms with E-state index in [9.17, 15) is 24.6 Å². The molecule has 2 saturated carbocycles. The van der Waals surface area contributed by atoms with Crippen LogP contribution in [0.5, 0.6) is 0 Å². The Morgan fingerprint density at radius 1 is 1.21 bits per heavy atom. The van der Waals surface area contributed by atoms with Crippen LogP contribution >= 0.6 is 0 Å². The van der Waals surface area contributed by atoms with Crippen molar-refractivity contribution in [2.24, 2.45) is 28.1 Å². The van der Waals surface area contributed by atoms with Gasteiger partial charge in [-0.1, -0.05) is 13.8 Å². The summed E-state index contributed by atoms with van der Waals surface area (Å²) < 4.78 is 29.2. The molecule has 0 radical (unpaired) electrons. The van der Waals surface area contributed by atoms with Crippen LogP contribution in [0.1, 0.15) is 72.0 Å². The number of esters is 3. The van der Waals surface area contributed by atoms with E-state index in [1.165, 1.54) is 13.2 Å². The van der Waals surface area contributed by atoms with E-state index in [0.29, 0.717) is 12.8 Å². The van der Waals surface area contributed by atoms with Gasteiger partial charge in [0.15, 0.2) is 6.10 Å². The number of carbonyl (C=O) groups excluding carboxylic acids is 3. The number of ether oxygens (including phenoxy) is 4. The van der Waals surface area contributed by atoms with Crippen molar-refractivity contribution >= 4 is 17.9 Å². The first-order valence-electron chi connectivity index (χ1n) is 13.4. The van der Waals surface area contributed by atoms with Crippen molar-refractivity contribution < 1.29 is 48.0 Å². The number of aliphatic hydroxyl groups excluding tert-OH is 1. The van der Waals surface area contributed by atoms with Crippen LogP contribution in [0.25, 0.3) is 0 Å². The molecule has 0 aromatic carbocycles. The monoisotopic (exact) mass is 532 g/mol. The lowest BCUT2D eigenvalue weighted by molar-refractivity contribution is -0.298. The summed E-state index contributed by atoms with van der Waals surface area (Å²) in [5.41, 5.74) is -4.39. The van der Waals surface area contributed by atoms with Crippen molar-refractivity contribution in [3.8, 4) is 0 Å². The third kappa shape index (κ3) is 2.97. The molecule has 10 nitrogen and oxygen atoms in total. The zero-order valence-electron chi connectivity index (χ0n) is 22.4. The molecule has 0 bridgehead atoms. The number of fused-ring (bicyclic) bond motifs is 2. The van der Waals surface area contributed by atoms with Gasteiger partial charge in [0.2, 0.25) is 0 Å². The average molecular weight is 533 g/mol. The summed E-state index contributed by atoms with van der Waals surface area (Å²) in [6.07, 6.45) is 0.837. The average Bonchev–Trinajstić information content (AvgIpc) is 3.39. The molecule has 3 saturated heterocycles. The van der Waals surface area contributed by atoms with Gasteiger partial charge in [0, 0.05) is 29.2 Å². The molecule has 5 aliphatic rings. The lowest BCUT2D eigenvalue weighted by Crippen LogP contribution is -2.76. The van der Waals surface area contributed by atoms with E-state index in [-0.39, 0.29) is 19.4 Å². The number of epoxide rings is 1. The minimum atomic E-state index is -1.29. The number of aliphatic hydroxyl groups is 2. The van der Waals surface area contributed by atoms with E-state index in [4.69, 9.17) is 23.4 Å². The van der Waals surface area contributed by atoms with Gasteiger partial charge in [0.25, 0.3) is 0 Å². The maximum absolute atomic E-state index is 13.3. The zero-order valence-corrected chi connectivity index (χ0v) is 22.4. The quantitative estimate of drug-likeness (QED) is 0.338. The van der Waals surface area contributed by atoms with Crippen LogP contribution in [-0.4, -0.2) is 64.2 Å². The van der Waals surface area contributed by atoms with E-state index >= 15 is 0 Å². The van der Waals surface area contributed by atoms with Crippen molar-refractivity contribution in [3.63, 3.8) is 0 Å². The van der Waals surface area contributed by atoms with E-state index in [2.05, 4.69) is 0 Å². The van der Waals surface area contributed by atoms with Crippen LogP contribution in [0.2, 0.25) is 0 Å². The molecule has 208 valence electrons. The Bertz CT molecular complexity index is 1170. The van der Waals surface area contributed by atoms with Crippen molar-refractivity contribution in [2.45, 2.75) is 95.9 Å². The molecule has 3 aliphatic heterocycles. The topological polar surface area (TPSA) is 145 Å². The van der Waals surface area contributed by atoms with Gasteiger partial charge in [-0.05, 0) is 45.1 Å². The molecular weight excluding hydrogens is 496 g/mol. The Morgan fingerprint density at radius 2 is 1.95 bits per heavy atom. The number of furan rings is 1. The molecule has 1 aromatic heterocycles. The molecule has 2 N–H and O–H groups in total. The standard InChI is InChI=1S/C28H36O10/c1-14(29)36-19-11-20(31)35-13-27(19)16-6-8-25(4)21(15-7-9-34-12-15)37-23(32)22-28(25,38-22)26(16,5)18(30)10-17(27)24(2,3)33/h7,9,12,16-19,21-22,30,33H,6,8,10-11,13H2,1-5H3/t16?,17-,18+,19-,21-,22+,25-,26-,27+,28+/m0/s1. The van der Waals surface area contributed by atoms with Gasteiger partial charge in [-0.3, -0.25) is 9.59 Å². The first-order valence-corrected chi connectivity index (χ1v) is 13.4. The fourth-order valence-corrected chi connectivity index (χ4v) is 9.39. The normalized spacial score (nSPS) is 47.8. The fourth-order valence-electron chi connectivity index (χ4n) is 9.39. The van der Waals surface area contributed by atoms with E-state index < -0.39 is 81.6 Å². The van der Waals surface area contributed by atoms with Crippen molar-refractivity contribution in [3.05, 3.63) is 24.2 Å². The highest BCUT2D eigenvalue weighted by Gasteiger charge is 2.88. The summed E-state index contributed by atoms with van der Waals surface area (Å²) in [5.74, 6) is -2.50. The molecule has 5 fully saturated rings. The predicted molar refractivity (Wildman–Crippen MR) is 128 cm³/mol. The molecule has 38 heavy (non-hydrogen) atoms. The number of cyclic esters (lactones) is 2. The highest BCUT2D eigenvalue weighted by atomic mass is 16.7. The number of rotatable bonds is 3. The highest BCUT2D eigenvalue weighted by molar-refractivity contribution is 5.82. The number of hydrogen-bond donors (Lipinski definition) is 2. The van der Waals surface area contributed by atoms with Gasteiger partial charge < -0.3 is 33.6 Å². The maximum Gasteiger partial charge on any atom is 0.339 e. The lowest BCUT2D eigenvalue weighted by atomic mass is 9.36. The van der Waals surface area contributed by atoms with Gasteiger partial charge in [0.05, 0.1) is 36.1 Å². The molecule has 2 aliphatic carbocycles. The third-order valence-electron chi connectivity index (χ3n) is 10.9. The summed E-state index contributed by atoms with van der Waals surface area (Å²) in [5, 5.41) is 23.4. The molecule has 10 heteroatoms. The Morgan fingerprint density at radius 3 is 2.58 bits per heavy atom. The van der Waals surface area contributed by atoms with Crippen molar-refractivity contribution in [1.29, 1.82) is 0 Å². The Labute approximate surface area is 220 Å². The Balaban J connectivity index is 1.54. The van der Waals surface area contributed by atoms with Crippen molar-refractivity contribution in [1.82, 2.24) is 0 Å². The maximum atomic E-state index is 13.3. The summed E-state index contributed by atoms with van der Waals surface area (Å²) in [6.45, 7) is 8.54. The van der Waals surface area contributed by atoms with E-state index in [1.54, 1.807) is 26.2 Å². The second kappa shape index (κ2) is 7.82. The van der Waals surface area contributed by atoms with E-state index in [1.807, 2.05) is 13.8 Å². The molecule has 1 unspecified atom stereocenters. The molecule has 4 heterocycles. The molecular formula is C28H36O10. The summed E-state index contributed by atoms with van der Waals surface area (Å²) in [7, 11) is 0. The second-order valence-corrected chi connectivity index (χ2v) is 12.9.